The van der Waals surface area contributed by atoms with Gasteiger partial charge in [-0.05, 0) is 6.42 Å². The van der Waals surface area contributed by atoms with Crippen molar-refractivity contribution in [2.45, 2.75) is 19.0 Å². The molecule has 0 aliphatic carbocycles. The molecule has 6 nitrogen and oxygen atoms in total. The standard InChI is InChI=1S/C16H22N4O2/c1-21-14-7-13(8-15(9-14)22-2)20-6-3-12(11-20)19-10-16-17-4-5-18-16/h4-5,7-9,12,19H,3,6,10-11H2,1-2H3,(H,17,18)/t12-/m0/s1. The van der Waals surface area contributed by atoms with E-state index in [1.54, 1.807) is 20.4 Å². The van der Waals surface area contributed by atoms with E-state index in [4.69, 9.17) is 9.47 Å². The number of ether oxygens (including phenoxy) is 2. The highest BCUT2D eigenvalue weighted by Crippen LogP contribution is 2.30. The Bertz CT molecular complexity index is 578. The molecule has 1 aliphatic heterocycles. The number of nitrogens with zero attached hydrogens (tertiary/aromatic N) is 2. The second-order valence-electron chi connectivity index (χ2n) is 5.42. The summed E-state index contributed by atoms with van der Waals surface area (Å²) >= 11 is 0. The Labute approximate surface area is 130 Å². The van der Waals surface area contributed by atoms with Crippen LogP contribution in [0.4, 0.5) is 5.69 Å². The van der Waals surface area contributed by atoms with Gasteiger partial charge in [-0.3, -0.25) is 0 Å². The number of rotatable bonds is 6. The molecule has 1 aliphatic rings. The van der Waals surface area contributed by atoms with Crippen LogP contribution in [-0.4, -0.2) is 43.3 Å². The molecule has 22 heavy (non-hydrogen) atoms. The number of aromatic amines is 1. The summed E-state index contributed by atoms with van der Waals surface area (Å²) in [6.07, 6.45) is 4.74. The van der Waals surface area contributed by atoms with Crippen molar-refractivity contribution in [1.82, 2.24) is 15.3 Å². The molecule has 1 atom stereocenters. The molecule has 1 aromatic carbocycles. The Hall–Kier alpha value is -2.21. The Morgan fingerprint density at radius 3 is 2.68 bits per heavy atom. The molecule has 2 heterocycles. The molecular formula is C16H22N4O2. The molecule has 3 rings (SSSR count). The minimum atomic E-state index is 0.460. The number of imidazole rings is 1. The maximum atomic E-state index is 5.35. The van der Waals surface area contributed by atoms with E-state index in [9.17, 15) is 0 Å². The summed E-state index contributed by atoms with van der Waals surface area (Å²) in [5, 5.41) is 3.54. The fourth-order valence-electron chi connectivity index (χ4n) is 2.77. The summed E-state index contributed by atoms with van der Waals surface area (Å²) in [6.45, 7) is 2.76. The summed E-state index contributed by atoms with van der Waals surface area (Å²) in [5.74, 6) is 2.61. The molecule has 0 unspecified atom stereocenters. The highest BCUT2D eigenvalue weighted by Gasteiger charge is 2.23. The Morgan fingerprint density at radius 2 is 2.05 bits per heavy atom. The first-order valence-electron chi connectivity index (χ1n) is 7.48. The van der Waals surface area contributed by atoms with Crippen LogP contribution in [0.1, 0.15) is 12.2 Å². The third-order valence-electron chi connectivity index (χ3n) is 4.00. The summed E-state index contributed by atoms with van der Waals surface area (Å²) in [7, 11) is 3.35. The minimum Gasteiger partial charge on any atom is -0.497 e. The molecule has 0 spiro atoms. The lowest BCUT2D eigenvalue weighted by atomic mass is 10.2. The molecule has 0 radical (unpaired) electrons. The van der Waals surface area contributed by atoms with E-state index in [1.165, 1.54) is 0 Å². The third kappa shape index (κ3) is 3.33. The van der Waals surface area contributed by atoms with Crippen LogP contribution in [-0.2, 0) is 6.54 Å². The fraction of sp³-hybridized carbons (Fsp3) is 0.438. The smallest absolute Gasteiger partial charge is 0.124 e. The monoisotopic (exact) mass is 302 g/mol. The average Bonchev–Trinajstić information content (AvgIpc) is 3.23. The highest BCUT2D eigenvalue weighted by molar-refractivity contribution is 5.56. The van der Waals surface area contributed by atoms with Gasteiger partial charge in [0.2, 0.25) is 0 Å². The predicted octanol–water partition coefficient (Wildman–Crippen LogP) is 1.80. The molecule has 1 fully saturated rings. The second kappa shape index (κ2) is 6.70. The topological polar surface area (TPSA) is 62.4 Å². The lowest BCUT2D eigenvalue weighted by Crippen LogP contribution is -2.32. The zero-order valence-corrected chi connectivity index (χ0v) is 13.0. The van der Waals surface area contributed by atoms with Crippen molar-refractivity contribution in [3.05, 3.63) is 36.4 Å². The summed E-state index contributed by atoms with van der Waals surface area (Å²) in [4.78, 5) is 9.70. The number of hydrogen-bond donors (Lipinski definition) is 2. The minimum absolute atomic E-state index is 0.460. The van der Waals surface area contributed by atoms with Crippen LogP contribution in [0.3, 0.4) is 0 Å². The molecule has 6 heteroatoms. The lowest BCUT2D eigenvalue weighted by molar-refractivity contribution is 0.394. The van der Waals surface area contributed by atoms with Gasteiger partial charge in [0, 0.05) is 55.4 Å². The number of anilines is 1. The van der Waals surface area contributed by atoms with Gasteiger partial charge in [0.25, 0.3) is 0 Å². The SMILES string of the molecule is COc1cc(OC)cc(N2CC[C@H](NCc3ncc[nH]3)C2)c1. The van der Waals surface area contributed by atoms with Gasteiger partial charge in [0.05, 0.1) is 20.8 Å². The first-order valence-corrected chi connectivity index (χ1v) is 7.48. The zero-order chi connectivity index (χ0) is 15.4. The van der Waals surface area contributed by atoms with Crippen molar-refractivity contribution < 1.29 is 9.47 Å². The third-order valence-corrected chi connectivity index (χ3v) is 4.00. The van der Waals surface area contributed by atoms with E-state index < -0.39 is 0 Å². The van der Waals surface area contributed by atoms with E-state index in [-0.39, 0.29) is 0 Å². The van der Waals surface area contributed by atoms with Crippen LogP contribution in [0.15, 0.2) is 30.6 Å². The van der Waals surface area contributed by atoms with Gasteiger partial charge < -0.3 is 24.7 Å². The molecule has 1 saturated heterocycles. The first kappa shape index (κ1) is 14.7. The maximum Gasteiger partial charge on any atom is 0.124 e. The number of benzene rings is 1. The van der Waals surface area contributed by atoms with Gasteiger partial charge in [-0.25, -0.2) is 4.98 Å². The van der Waals surface area contributed by atoms with Gasteiger partial charge in [0.1, 0.15) is 17.3 Å². The fourth-order valence-corrected chi connectivity index (χ4v) is 2.77. The van der Waals surface area contributed by atoms with Crippen LogP contribution < -0.4 is 19.7 Å². The summed E-state index contributed by atoms with van der Waals surface area (Å²) in [5.41, 5.74) is 1.14. The van der Waals surface area contributed by atoms with Crippen LogP contribution >= 0.6 is 0 Å². The Kier molecular flexibility index (Phi) is 4.48. The molecule has 2 N–H and O–H groups in total. The lowest BCUT2D eigenvalue weighted by Gasteiger charge is -2.20. The number of H-pyrrole nitrogens is 1. The van der Waals surface area contributed by atoms with Crippen molar-refractivity contribution in [2.75, 3.05) is 32.2 Å². The quantitative estimate of drug-likeness (QED) is 0.852. The van der Waals surface area contributed by atoms with Crippen LogP contribution in [0.25, 0.3) is 0 Å². The first-order chi connectivity index (χ1) is 10.8. The largest absolute Gasteiger partial charge is 0.497 e. The van der Waals surface area contributed by atoms with E-state index in [0.717, 1.165) is 49.1 Å². The Morgan fingerprint density at radius 1 is 1.27 bits per heavy atom. The molecule has 0 saturated carbocycles. The summed E-state index contributed by atoms with van der Waals surface area (Å²) in [6, 6.07) is 6.46. The van der Waals surface area contributed by atoms with Gasteiger partial charge in [-0.15, -0.1) is 0 Å². The maximum absolute atomic E-state index is 5.35. The normalized spacial score (nSPS) is 17.7. The molecule has 0 bridgehead atoms. The highest BCUT2D eigenvalue weighted by atomic mass is 16.5. The van der Waals surface area contributed by atoms with Gasteiger partial charge in [-0.2, -0.15) is 0 Å². The molecule has 2 aromatic rings. The number of hydrogen-bond acceptors (Lipinski definition) is 5. The van der Waals surface area contributed by atoms with E-state index >= 15 is 0 Å². The van der Waals surface area contributed by atoms with E-state index in [0.29, 0.717) is 6.04 Å². The van der Waals surface area contributed by atoms with Crippen molar-refractivity contribution in [3.63, 3.8) is 0 Å². The van der Waals surface area contributed by atoms with Crippen molar-refractivity contribution in [1.29, 1.82) is 0 Å². The summed E-state index contributed by atoms with van der Waals surface area (Å²) < 4.78 is 10.7. The zero-order valence-electron chi connectivity index (χ0n) is 13.0. The number of aromatic nitrogens is 2. The molecule has 118 valence electrons. The molecule has 1 aromatic heterocycles. The van der Waals surface area contributed by atoms with Crippen molar-refractivity contribution >= 4 is 5.69 Å². The predicted molar refractivity (Wildman–Crippen MR) is 85.6 cm³/mol. The van der Waals surface area contributed by atoms with Crippen molar-refractivity contribution in [2.24, 2.45) is 0 Å². The van der Waals surface area contributed by atoms with Crippen LogP contribution in [0.5, 0.6) is 11.5 Å². The van der Waals surface area contributed by atoms with Gasteiger partial charge in [0.15, 0.2) is 0 Å². The van der Waals surface area contributed by atoms with E-state index in [2.05, 4.69) is 32.3 Å². The molecular weight excluding hydrogens is 280 g/mol. The van der Waals surface area contributed by atoms with Crippen molar-refractivity contribution in [3.8, 4) is 11.5 Å². The number of nitrogens with one attached hydrogen (secondary N) is 2. The van der Waals surface area contributed by atoms with E-state index in [1.807, 2.05) is 12.3 Å². The van der Waals surface area contributed by atoms with Gasteiger partial charge in [-0.1, -0.05) is 0 Å². The van der Waals surface area contributed by atoms with Crippen LogP contribution in [0, 0.1) is 0 Å². The number of methoxy groups -OCH3 is 2. The van der Waals surface area contributed by atoms with Gasteiger partial charge >= 0.3 is 0 Å². The average molecular weight is 302 g/mol. The second-order valence-corrected chi connectivity index (χ2v) is 5.42. The van der Waals surface area contributed by atoms with Crippen LogP contribution in [0.2, 0.25) is 0 Å². The Balaban J connectivity index is 1.62. The molecule has 0 amide bonds.